The molecule has 0 aliphatic heterocycles. The molecule has 0 spiro atoms. The molecule has 0 atom stereocenters. The van der Waals surface area contributed by atoms with Crippen LogP contribution in [0.4, 0.5) is 0 Å². The number of hydrogen-bond acceptors (Lipinski definition) is 3. The zero-order valence-electron chi connectivity index (χ0n) is 15.5. The number of Topliss-reactive ketones (excluding diaryl/α,β-unsaturated/α-hetero) is 1. The number of benzene rings is 2. The molecule has 1 aliphatic rings. The summed E-state index contributed by atoms with van der Waals surface area (Å²) >= 11 is 13.5. The highest BCUT2D eigenvalue weighted by Crippen LogP contribution is 2.36. The van der Waals surface area contributed by atoms with Crippen LogP contribution in [0.25, 0.3) is 17.2 Å². The van der Waals surface area contributed by atoms with Gasteiger partial charge in [-0.2, -0.15) is 0 Å². The van der Waals surface area contributed by atoms with E-state index in [4.69, 9.17) is 23.2 Å². The number of rotatable bonds is 5. The summed E-state index contributed by atoms with van der Waals surface area (Å²) in [6.45, 7) is 1.97. The quantitative estimate of drug-likeness (QED) is 0.491. The highest BCUT2D eigenvalue weighted by atomic mass is 35.5. The van der Waals surface area contributed by atoms with Gasteiger partial charge in [0.2, 0.25) is 0 Å². The molecule has 0 fully saturated rings. The zero-order chi connectivity index (χ0) is 20.7. The highest BCUT2D eigenvalue weighted by Gasteiger charge is 2.25. The summed E-state index contributed by atoms with van der Waals surface area (Å²) in [4.78, 5) is 25.4. The molecular formula is C23H16Cl2O3S. The second kappa shape index (κ2) is 7.79. The molecule has 2 aromatic carbocycles. The fourth-order valence-electron chi connectivity index (χ4n) is 3.61. The van der Waals surface area contributed by atoms with E-state index in [2.05, 4.69) is 0 Å². The lowest BCUT2D eigenvalue weighted by Crippen LogP contribution is -2.09. The van der Waals surface area contributed by atoms with Crippen LogP contribution in [0.2, 0.25) is 10.0 Å². The van der Waals surface area contributed by atoms with Gasteiger partial charge >= 0.3 is 5.97 Å². The van der Waals surface area contributed by atoms with Gasteiger partial charge in [0.15, 0.2) is 5.78 Å². The minimum atomic E-state index is -1.04. The number of carbonyl (C=O) groups excluding carboxylic acids is 1. The number of allylic oxidation sites excluding steroid dienone is 1. The lowest BCUT2D eigenvalue weighted by atomic mass is 9.99. The van der Waals surface area contributed by atoms with Crippen molar-refractivity contribution in [3.63, 3.8) is 0 Å². The van der Waals surface area contributed by atoms with E-state index in [1.807, 2.05) is 25.1 Å². The molecule has 0 radical (unpaired) electrons. The molecule has 1 aromatic heterocycles. The predicted molar refractivity (Wildman–Crippen MR) is 118 cm³/mol. The molecule has 1 N–H and O–H groups in total. The molecule has 0 saturated heterocycles. The summed E-state index contributed by atoms with van der Waals surface area (Å²) in [5.41, 5.74) is 5.16. The first kappa shape index (κ1) is 19.9. The van der Waals surface area contributed by atoms with Gasteiger partial charge in [-0.3, -0.25) is 4.79 Å². The van der Waals surface area contributed by atoms with E-state index >= 15 is 0 Å². The Bertz CT molecular complexity index is 1170. The Morgan fingerprint density at radius 2 is 1.86 bits per heavy atom. The molecule has 6 heteroatoms. The number of aromatic carboxylic acids is 1. The maximum Gasteiger partial charge on any atom is 0.337 e. The molecule has 1 aliphatic carbocycles. The number of halogens is 2. The molecule has 0 amide bonds. The van der Waals surface area contributed by atoms with Gasteiger partial charge in [0.25, 0.3) is 0 Å². The first-order valence-electron chi connectivity index (χ1n) is 8.96. The molecule has 1 heterocycles. The first-order valence-corrected chi connectivity index (χ1v) is 10.6. The Balaban J connectivity index is 1.63. The smallest absolute Gasteiger partial charge is 0.337 e. The van der Waals surface area contributed by atoms with Gasteiger partial charge in [-0.25, -0.2) is 4.79 Å². The van der Waals surface area contributed by atoms with Gasteiger partial charge in [0, 0.05) is 38.9 Å². The third-order valence-electron chi connectivity index (χ3n) is 4.97. The number of carbonyl (C=O) groups is 2. The Hall–Kier alpha value is -2.40. The van der Waals surface area contributed by atoms with Crippen LogP contribution in [0.5, 0.6) is 0 Å². The summed E-state index contributed by atoms with van der Waals surface area (Å²) in [7, 11) is 0. The van der Waals surface area contributed by atoms with E-state index < -0.39 is 5.97 Å². The van der Waals surface area contributed by atoms with Gasteiger partial charge < -0.3 is 5.11 Å². The Labute approximate surface area is 182 Å². The highest BCUT2D eigenvalue weighted by molar-refractivity contribution is 7.11. The van der Waals surface area contributed by atoms with Crippen molar-refractivity contribution in [3.05, 3.63) is 84.5 Å². The molecule has 4 rings (SSSR count). The summed E-state index contributed by atoms with van der Waals surface area (Å²) in [6, 6.07) is 10.9. The number of fused-ring (bicyclic) bond motifs is 1. The Kier molecular flexibility index (Phi) is 5.34. The number of hydrogen-bond donors (Lipinski definition) is 1. The van der Waals surface area contributed by atoms with Crippen molar-refractivity contribution >= 4 is 52.4 Å². The summed E-state index contributed by atoms with van der Waals surface area (Å²) in [5, 5.41) is 12.8. The van der Waals surface area contributed by atoms with Crippen LogP contribution in [-0.2, 0) is 17.6 Å². The fourth-order valence-corrected chi connectivity index (χ4v) is 5.12. The minimum absolute atomic E-state index is 0.0519. The van der Waals surface area contributed by atoms with Crippen molar-refractivity contribution in [2.24, 2.45) is 0 Å². The topological polar surface area (TPSA) is 54.4 Å². The normalized spacial score (nSPS) is 12.6. The van der Waals surface area contributed by atoms with Crippen molar-refractivity contribution in [1.82, 2.24) is 0 Å². The van der Waals surface area contributed by atoms with Crippen LogP contribution in [0.3, 0.4) is 0 Å². The monoisotopic (exact) mass is 442 g/mol. The zero-order valence-corrected chi connectivity index (χ0v) is 17.8. The minimum Gasteiger partial charge on any atom is -0.478 e. The number of carboxylic acids is 1. The second-order valence-corrected chi connectivity index (χ2v) is 8.83. The Morgan fingerprint density at radius 1 is 1.14 bits per heavy atom. The average Bonchev–Trinajstić information content (AvgIpc) is 3.27. The number of thiophene rings is 1. The predicted octanol–water partition coefficient (Wildman–Crippen LogP) is 6.48. The van der Waals surface area contributed by atoms with Gasteiger partial charge in [0.1, 0.15) is 0 Å². The lowest BCUT2D eigenvalue weighted by molar-refractivity contribution is -0.114. The van der Waals surface area contributed by atoms with Crippen molar-refractivity contribution in [2.45, 2.75) is 19.8 Å². The molecule has 0 unspecified atom stereocenters. The number of carboxylic acid groups (broad SMARTS) is 1. The molecule has 29 heavy (non-hydrogen) atoms. The number of ketones is 1. The molecule has 3 nitrogen and oxygen atoms in total. The lowest BCUT2D eigenvalue weighted by Gasteiger charge is -2.05. The summed E-state index contributed by atoms with van der Waals surface area (Å²) < 4.78 is 0. The molecule has 0 saturated carbocycles. The van der Waals surface area contributed by atoms with Gasteiger partial charge in [-0.05, 0) is 58.8 Å². The van der Waals surface area contributed by atoms with Crippen molar-refractivity contribution in [1.29, 1.82) is 0 Å². The van der Waals surface area contributed by atoms with Gasteiger partial charge in [-0.15, -0.1) is 11.3 Å². The fraction of sp³-hybridized carbons (Fsp3) is 0.130. The van der Waals surface area contributed by atoms with E-state index in [1.54, 1.807) is 29.6 Å². The molecule has 0 bridgehead atoms. The van der Waals surface area contributed by atoms with E-state index in [1.165, 1.54) is 11.3 Å². The summed E-state index contributed by atoms with van der Waals surface area (Å²) in [6.07, 6.45) is 2.40. The van der Waals surface area contributed by atoms with Crippen molar-refractivity contribution in [3.8, 4) is 11.1 Å². The van der Waals surface area contributed by atoms with Gasteiger partial charge in [-0.1, -0.05) is 41.4 Å². The van der Waals surface area contributed by atoms with Crippen molar-refractivity contribution in [2.75, 3.05) is 0 Å². The van der Waals surface area contributed by atoms with Crippen LogP contribution in [-0.4, -0.2) is 16.9 Å². The summed E-state index contributed by atoms with van der Waals surface area (Å²) in [5.74, 6) is -1.12. The van der Waals surface area contributed by atoms with Crippen LogP contribution in [0.1, 0.15) is 31.9 Å². The Morgan fingerprint density at radius 3 is 2.55 bits per heavy atom. The van der Waals surface area contributed by atoms with Crippen molar-refractivity contribution < 1.29 is 14.7 Å². The van der Waals surface area contributed by atoms with E-state index in [9.17, 15) is 14.7 Å². The third-order valence-corrected chi connectivity index (χ3v) is 6.53. The SMILES string of the molecule is Cc1cc(Cl)c2c(c1)CC(C(=O)Cc1scc(-c3ccc(Cl)cc3)c1C(=O)O)=C2. The van der Waals surface area contributed by atoms with Crippen LogP contribution in [0, 0.1) is 6.92 Å². The molecular weight excluding hydrogens is 427 g/mol. The van der Waals surface area contributed by atoms with E-state index in [0.717, 1.165) is 22.3 Å². The number of aryl methyl sites for hydroxylation is 1. The van der Waals surface area contributed by atoms with Crippen LogP contribution in [0.15, 0.2) is 47.4 Å². The molecule has 146 valence electrons. The maximum atomic E-state index is 12.9. The standard InChI is InChI=1S/C23H16Cl2O3S/c1-12-6-14-8-15(9-17(14)19(25)7-12)20(26)10-21-22(23(27)28)18(11-29-21)13-2-4-16(24)5-3-13/h2-7,9,11H,8,10H2,1H3,(H,27,28). The van der Waals surface area contributed by atoms with E-state index in [0.29, 0.717) is 32.5 Å². The maximum absolute atomic E-state index is 12.9. The molecule has 3 aromatic rings. The average molecular weight is 443 g/mol. The third kappa shape index (κ3) is 3.88. The second-order valence-electron chi connectivity index (χ2n) is 7.03. The van der Waals surface area contributed by atoms with E-state index in [-0.39, 0.29) is 17.8 Å². The van der Waals surface area contributed by atoms with Gasteiger partial charge in [0.05, 0.1) is 5.56 Å². The van der Waals surface area contributed by atoms with Crippen LogP contribution >= 0.6 is 34.5 Å². The largest absolute Gasteiger partial charge is 0.478 e. The first-order chi connectivity index (χ1) is 13.8. The van der Waals surface area contributed by atoms with Crippen LogP contribution < -0.4 is 0 Å².